The Balaban J connectivity index is 2.98. The first kappa shape index (κ1) is 12.2. The van der Waals surface area contributed by atoms with Crippen LogP contribution in [0.3, 0.4) is 0 Å². The Labute approximate surface area is 104 Å². The fraction of sp³-hybridized carbons (Fsp3) is 0.533. The van der Waals surface area contributed by atoms with Gasteiger partial charge in [0.1, 0.15) is 0 Å². The van der Waals surface area contributed by atoms with Gasteiger partial charge in [0.25, 0.3) is 0 Å². The van der Waals surface area contributed by atoms with Gasteiger partial charge in [-0.25, -0.2) is 4.98 Å². The second-order valence-corrected chi connectivity index (χ2v) is 6.05. The Kier molecular flexibility index (Phi) is 2.57. The zero-order chi connectivity index (χ0) is 13.0. The van der Waals surface area contributed by atoms with E-state index in [9.17, 15) is 0 Å². The summed E-state index contributed by atoms with van der Waals surface area (Å²) in [4.78, 5) is 4.56. The molecule has 17 heavy (non-hydrogen) atoms. The monoisotopic (exact) mass is 230 g/mol. The van der Waals surface area contributed by atoms with Crippen LogP contribution in [0.2, 0.25) is 0 Å². The van der Waals surface area contributed by atoms with Crippen LogP contribution < -0.4 is 0 Å². The maximum absolute atomic E-state index is 4.56. The molecule has 0 aliphatic carbocycles. The molecule has 2 aromatic rings. The third kappa shape index (κ3) is 1.67. The fourth-order valence-corrected chi connectivity index (χ4v) is 3.04. The second-order valence-electron chi connectivity index (χ2n) is 6.05. The molecule has 0 aliphatic heterocycles. The maximum Gasteiger partial charge on any atom is 0.0955 e. The molecule has 0 amide bonds. The molecule has 1 heterocycles. The van der Waals surface area contributed by atoms with E-state index in [1.807, 2.05) is 6.33 Å². The first-order valence-electron chi connectivity index (χ1n) is 6.16. The molecule has 92 valence electrons. The number of aromatic nitrogens is 2. The SMILES string of the molecule is Cc1c(C(C)(C)C)c(C)c2ncn(C)c2c1C. The summed E-state index contributed by atoms with van der Waals surface area (Å²) in [6.45, 7) is 13.5. The highest BCUT2D eigenvalue weighted by atomic mass is 15.0. The van der Waals surface area contributed by atoms with Crippen LogP contribution in [0.1, 0.15) is 43.0 Å². The molecule has 0 fully saturated rings. The van der Waals surface area contributed by atoms with Gasteiger partial charge in [0.2, 0.25) is 0 Å². The van der Waals surface area contributed by atoms with Crippen LogP contribution in [0, 0.1) is 20.8 Å². The Morgan fingerprint density at radius 1 is 1.00 bits per heavy atom. The zero-order valence-electron chi connectivity index (χ0n) is 12.0. The highest BCUT2D eigenvalue weighted by Crippen LogP contribution is 2.35. The molecule has 0 N–H and O–H groups in total. The molecule has 2 heteroatoms. The van der Waals surface area contributed by atoms with E-state index >= 15 is 0 Å². The van der Waals surface area contributed by atoms with Gasteiger partial charge in [-0.3, -0.25) is 0 Å². The van der Waals surface area contributed by atoms with Crippen molar-refractivity contribution in [1.29, 1.82) is 0 Å². The highest BCUT2D eigenvalue weighted by Gasteiger charge is 2.23. The number of fused-ring (bicyclic) bond motifs is 1. The average Bonchev–Trinajstić information content (AvgIpc) is 2.55. The summed E-state index contributed by atoms with van der Waals surface area (Å²) < 4.78 is 2.12. The molecular formula is C15H22N2. The lowest BCUT2D eigenvalue weighted by Gasteiger charge is -2.26. The van der Waals surface area contributed by atoms with Gasteiger partial charge in [-0.2, -0.15) is 0 Å². The van der Waals surface area contributed by atoms with Crippen molar-refractivity contribution in [3.63, 3.8) is 0 Å². The van der Waals surface area contributed by atoms with Crippen molar-refractivity contribution in [3.8, 4) is 0 Å². The van der Waals surface area contributed by atoms with Gasteiger partial charge in [0.05, 0.1) is 17.4 Å². The van der Waals surface area contributed by atoms with E-state index in [0.29, 0.717) is 0 Å². The van der Waals surface area contributed by atoms with E-state index in [1.54, 1.807) is 0 Å². The molecule has 0 bridgehead atoms. The third-order valence-corrected chi connectivity index (χ3v) is 3.71. The van der Waals surface area contributed by atoms with Crippen LogP contribution in [0.15, 0.2) is 6.33 Å². The highest BCUT2D eigenvalue weighted by molar-refractivity contribution is 5.85. The van der Waals surface area contributed by atoms with Crippen molar-refractivity contribution in [2.45, 2.75) is 47.0 Å². The van der Waals surface area contributed by atoms with Crippen molar-refractivity contribution < 1.29 is 0 Å². The van der Waals surface area contributed by atoms with Crippen molar-refractivity contribution >= 4 is 11.0 Å². The summed E-state index contributed by atoms with van der Waals surface area (Å²) in [6.07, 6.45) is 1.91. The number of nitrogens with zero attached hydrogens (tertiary/aromatic N) is 2. The summed E-state index contributed by atoms with van der Waals surface area (Å²) in [6, 6.07) is 0. The van der Waals surface area contributed by atoms with Gasteiger partial charge in [-0.15, -0.1) is 0 Å². The normalized spacial score (nSPS) is 12.4. The summed E-state index contributed by atoms with van der Waals surface area (Å²) in [5.74, 6) is 0. The summed E-state index contributed by atoms with van der Waals surface area (Å²) >= 11 is 0. The van der Waals surface area contributed by atoms with Crippen LogP contribution in [0.25, 0.3) is 11.0 Å². The zero-order valence-corrected chi connectivity index (χ0v) is 12.0. The molecule has 0 radical (unpaired) electrons. The molecule has 2 rings (SSSR count). The van der Waals surface area contributed by atoms with Crippen LogP contribution >= 0.6 is 0 Å². The number of hydrogen-bond acceptors (Lipinski definition) is 1. The molecule has 0 spiro atoms. The molecule has 1 aromatic carbocycles. The lowest BCUT2D eigenvalue weighted by atomic mass is 9.79. The van der Waals surface area contributed by atoms with Gasteiger partial charge >= 0.3 is 0 Å². The maximum atomic E-state index is 4.56. The first-order valence-corrected chi connectivity index (χ1v) is 6.16. The van der Waals surface area contributed by atoms with Crippen LogP contribution in [-0.4, -0.2) is 9.55 Å². The number of aryl methyl sites for hydroxylation is 3. The summed E-state index contributed by atoms with van der Waals surface area (Å²) in [5.41, 5.74) is 8.14. The van der Waals surface area contributed by atoms with E-state index in [0.717, 1.165) is 5.52 Å². The lowest BCUT2D eigenvalue weighted by molar-refractivity contribution is 0.582. The Morgan fingerprint density at radius 3 is 2.12 bits per heavy atom. The van der Waals surface area contributed by atoms with Crippen LogP contribution in [0.4, 0.5) is 0 Å². The van der Waals surface area contributed by atoms with E-state index in [-0.39, 0.29) is 5.41 Å². The van der Waals surface area contributed by atoms with Gasteiger partial charge in [0.15, 0.2) is 0 Å². The second kappa shape index (κ2) is 3.59. The summed E-state index contributed by atoms with van der Waals surface area (Å²) in [5, 5.41) is 0. The Bertz CT molecular complexity index is 583. The minimum Gasteiger partial charge on any atom is -0.333 e. The summed E-state index contributed by atoms with van der Waals surface area (Å²) in [7, 11) is 2.07. The van der Waals surface area contributed by atoms with Crippen molar-refractivity contribution in [2.75, 3.05) is 0 Å². The van der Waals surface area contributed by atoms with Gasteiger partial charge < -0.3 is 4.57 Å². The van der Waals surface area contributed by atoms with Crippen LogP contribution in [0.5, 0.6) is 0 Å². The first-order chi connectivity index (χ1) is 7.75. The van der Waals surface area contributed by atoms with E-state index in [1.165, 1.54) is 27.8 Å². The predicted molar refractivity (Wildman–Crippen MR) is 73.6 cm³/mol. The smallest absolute Gasteiger partial charge is 0.0955 e. The molecule has 2 nitrogen and oxygen atoms in total. The number of hydrogen-bond donors (Lipinski definition) is 0. The number of rotatable bonds is 0. The molecule has 1 aromatic heterocycles. The van der Waals surface area contributed by atoms with Crippen molar-refractivity contribution in [2.24, 2.45) is 7.05 Å². The molecule has 0 atom stereocenters. The fourth-order valence-electron chi connectivity index (χ4n) is 3.04. The molecular weight excluding hydrogens is 208 g/mol. The predicted octanol–water partition coefficient (Wildman–Crippen LogP) is 3.80. The number of imidazole rings is 1. The largest absolute Gasteiger partial charge is 0.333 e. The quantitative estimate of drug-likeness (QED) is 0.673. The van der Waals surface area contributed by atoms with Crippen LogP contribution in [-0.2, 0) is 12.5 Å². The van der Waals surface area contributed by atoms with Gasteiger partial charge in [-0.1, -0.05) is 20.8 Å². The molecule has 0 aliphatic rings. The molecule has 0 saturated heterocycles. The minimum atomic E-state index is 0.171. The van der Waals surface area contributed by atoms with E-state index in [4.69, 9.17) is 0 Å². The molecule has 0 unspecified atom stereocenters. The third-order valence-electron chi connectivity index (χ3n) is 3.71. The Hall–Kier alpha value is -1.31. The lowest BCUT2D eigenvalue weighted by Crippen LogP contribution is -2.16. The van der Waals surface area contributed by atoms with Gasteiger partial charge in [0, 0.05) is 7.05 Å². The Morgan fingerprint density at radius 2 is 1.59 bits per heavy atom. The van der Waals surface area contributed by atoms with Gasteiger partial charge in [-0.05, 0) is 48.4 Å². The van der Waals surface area contributed by atoms with E-state index < -0.39 is 0 Å². The minimum absolute atomic E-state index is 0.171. The molecule has 0 saturated carbocycles. The average molecular weight is 230 g/mol. The van der Waals surface area contributed by atoms with Crippen molar-refractivity contribution in [3.05, 3.63) is 28.6 Å². The number of benzene rings is 1. The van der Waals surface area contributed by atoms with E-state index in [2.05, 4.69) is 58.1 Å². The topological polar surface area (TPSA) is 17.8 Å². The van der Waals surface area contributed by atoms with Crippen molar-refractivity contribution in [1.82, 2.24) is 9.55 Å². The standard InChI is InChI=1S/C15H22N2/c1-9-10(2)14-13(16-8-17(14)7)11(3)12(9)15(4,5)6/h8H,1-7H3.